The number of para-hydroxylation sites is 1. The van der Waals surface area contributed by atoms with Crippen LogP contribution in [0.25, 0.3) is 5.69 Å². The first-order valence-electron chi connectivity index (χ1n) is 8.23. The summed E-state index contributed by atoms with van der Waals surface area (Å²) in [6.07, 6.45) is 6.11. The third kappa shape index (κ3) is 3.82. The molecule has 1 aromatic heterocycles. The average molecular weight is 327 g/mol. The van der Waals surface area contributed by atoms with Crippen LogP contribution in [0.3, 0.4) is 0 Å². The third-order valence-electron chi connectivity index (χ3n) is 4.41. The molecule has 2 aromatic rings. The number of aromatic nitrogens is 2. The van der Waals surface area contributed by atoms with Crippen molar-refractivity contribution in [2.75, 3.05) is 13.1 Å². The van der Waals surface area contributed by atoms with E-state index < -0.39 is 11.9 Å². The maximum Gasteiger partial charge on any atom is 0.308 e. The minimum atomic E-state index is -0.809. The lowest BCUT2D eigenvalue weighted by molar-refractivity contribution is -0.145. The van der Waals surface area contributed by atoms with E-state index in [-0.39, 0.29) is 5.91 Å². The Morgan fingerprint density at radius 3 is 2.79 bits per heavy atom. The number of hydrogen-bond donors (Lipinski definition) is 1. The smallest absolute Gasteiger partial charge is 0.308 e. The number of amides is 1. The molecule has 1 aromatic carbocycles. The van der Waals surface area contributed by atoms with E-state index in [1.54, 1.807) is 15.8 Å². The van der Waals surface area contributed by atoms with Crippen LogP contribution >= 0.6 is 0 Å². The highest BCUT2D eigenvalue weighted by molar-refractivity contribution is 5.78. The van der Waals surface area contributed by atoms with Gasteiger partial charge in [0, 0.05) is 25.7 Å². The van der Waals surface area contributed by atoms with Crippen molar-refractivity contribution in [2.45, 2.75) is 25.7 Å². The molecule has 0 aliphatic carbocycles. The Morgan fingerprint density at radius 2 is 2.04 bits per heavy atom. The lowest BCUT2D eigenvalue weighted by Crippen LogP contribution is -2.42. The van der Waals surface area contributed by atoms with Gasteiger partial charge in [0.25, 0.3) is 0 Å². The number of benzene rings is 1. The Hall–Kier alpha value is -2.63. The zero-order valence-electron chi connectivity index (χ0n) is 13.5. The van der Waals surface area contributed by atoms with Crippen LogP contribution in [0.2, 0.25) is 0 Å². The molecule has 6 heteroatoms. The Balaban J connectivity index is 1.55. The summed E-state index contributed by atoms with van der Waals surface area (Å²) in [5, 5.41) is 13.4. The summed E-state index contributed by atoms with van der Waals surface area (Å²) in [4.78, 5) is 25.1. The van der Waals surface area contributed by atoms with Crippen molar-refractivity contribution < 1.29 is 14.7 Å². The molecular weight excluding hydrogens is 306 g/mol. The van der Waals surface area contributed by atoms with Gasteiger partial charge in [0.15, 0.2) is 0 Å². The number of carboxylic acid groups (broad SMARTS) is 1. The number of hydrogen-bond acceptors (Lipinski definition) is 3. The van der Waals surface area contributed by atoms with Crippen molar-refractivity contribution in [3.63, 3.8) is 0 Å². The summed E-state index contributed by atoms with van der Waals surface area (Å²) in [5.41, 5.74) is 1.98. The van der Waals surface area contributed by atoms with E-state index in [2.05, 4.69) is 5.10 Å². The summed E-state index contributed by atoms with van der Waals surface area (Å²) in [5.74, 6) is -1.21. The normalized spacial score (nSPS) is 17.7. The molecule has 24 heavy (non-hydrogen) atoms. The first-order valence-corrected chi connectivity index (χ1v) is 8.23. The quantitative estimate of drug-likeness (QED) is 0.913. The van der Waals surface area contributed by atoms with Crippen molar-refractivity contribution >= 4 is 11.9 Å². The van der Waals surface area contributed by atoms with E-state index in [1.165, 1.54) is 0 Å². The van der Waals surface area contributed by atoms with Crippen molar-refractivity contribution in [1.82, 2.24) is 14.7 Å². The predicted octanol–water partition coefficient (Wildman–Crippen LogP) is 2.13. The second-order valence-corrected chi connectivity index (χ2v) is 6.15. The maximum atomic E-state index is 12.3. The second kappa shape index (κ2) is 7.29. The molecule has 0 radical (unpaired) electrons. The monoisotopic (exact) mass is 327 g/mol. The van der Waals surface area contributed by atoms with Gasteiger partial charge in [-0.2, -0.15) is 5.10 Å². The Bertz CT molecular complexity index is 711. The Kier molecular flexibility index (Phi) is 4.93. The van der Waals surface area contributed by atoms with E-state index >= 15 is 0 Å². The standard InChI is InChI=1S/C18H21N3O3/c22-17(20-10-4-5-15(13-20)18(23)24)9-8-14-11-19-21(12-14)16-6-2-1-3-7-16/h1-3,6-7,11-12,15H,4-5,8-10,13H2,(H,23,24)/t15-/m1/s1. The van der Waals surface area contributed by atoms with Crippen LogP contribution in [-0.2, 0) is 16.0 Å². The second-order valence-electron chi connectivity index (χ2n) is 6.15. The molecule has 3 rings (SSSR count). The lowest BCUT2D eigenvalue weighted by Gasteiger charge is -2.30. The van der Waals surface area contributed by atoms with Crippen LogP contribution in [0.4, 0.5) is 0 Å². The average Bonchev–Trinajstić information content (AvgIpc) is 3.09. The SMILES string of the molecule is O=C(O)[C@@H]1CCCN(C(=O)CCc2cnn(-c3ccccc3)c2)C1. The number of carbonyl (C=O) groups excluding carboxylic acids is 1. The fourth-order valence-electron chi connectivity index (χ4n) is 3.03. The summed E-state index contributed by atoms with van der Waals surface area (Å²) in [6, 6.07) is 9.81. The Morgan fingerprint density at radius 1 is 1.25 bits per heavy atom. The number of carbonyl (C=O) groups is 2. The molecule has 0 unspecified atom stereocenters. The zero-order valence-corrected chi connectivity index (χ0v) is 13.5. The number of likely N-dealkylation sites (tertiary alicyclic amines) is 1. The molecule has 1 fully saturated rings. The molecule has 0 saturated carbocycles. The van der Waals surface area contributed by atoms with Gasteiger partial charge < -0.3 is 10.0 Å². The number of nitrogens with zero attached hydrogens (tertiary/aromatic N) is 3. The Labute approximate surface area is 140 Å². The molecule has 1 amide bonds. The van der Waals surface area contributed by atoms with Crippen LogP contribution in [0.1, 0.15) is 24.8 Å². The number of carboxylic acids is 1. The van der Waals surface area contributed by atoms with Crippen LogP contribution in [0, 0.1) is 5.92 Å². The van der Waals surface area contributed by atoms with Crippen molar-refractivity contribution in [3.05, 3.63) is 48.3 Å². The first kappa shape index (κ1) is 16.2. The van der Waals surface area contributed by atoms with Crippen molar-refractivity contribution in [1.29, 1.82) is 0 Å². The number of piperidine rings is 1. The minimum absolute atomic E-state index is 0.0217. The number of aryl methyl sites for hydroxylation is 1. The highest BCUT2D eigenvalue weighted by Crippen LogP contribution is 2.18. The van der Waals surface area contributed by atoms with Gasteiger partial charge in [-0.3, -0.25) is 9.59 Å². The lowest BCUT2D eigenvalue weighted by atomic mass is 9.98. The fraction of sp³-hybridized carbons (Fsp3) is 0.389. The highest BCUT2D eigenvalue weighted by atomic mass is 16.4. The van der Waals surface area contributed by atoms with Crippen molar-refractivity contribution in [2.24, 2.45) is 5.92 Å². The molecule has 0 spiro atoms. The molecule has 6 nitrogen and oxygen atoms in total. The number of rotatable bonds is 5. The van der Waals surface area contributed by atoms with Crippen LogP contribution < -0.4 is 0 Å². The highest BCUT2D eigenvalue weighted by Gasteiger charge is 2.27. The van der Waals surface area contributed by atoms with Gasteiger partial charge in [-0.1, -0.05) is 18.2 Å². The summed E-state index contributed by atoms with van der Waals surface area (Å²) < 4.78 is 1.79. The zero-order chi connectivity index (χ0) is 16.9. The van der Waals surface area contributed by atoms with Gasteiger partial charge >= 0.3 is 5.97 Å². The van der Waals surface area contributed by atoms with Crippen LogP contribution in [0.5, 0.6) is 0 Å². The summed E-state index contributed by atoms with van der Waals surface area (Å²) in [6.45, 7) is 0.989. The van der Waals surface area contributed by atoms with E-state index in [0.717, 1.165) is 17.7 Å². The topological polar surface area (TPSA) is 75.4 Å². The maximum absolute atomic E-state index is 12.3. The van der Waals surface area contributed by atoms with Gasteiger partial charge in [-0.15, -0.1) is 0 Å². The molecule has 2 heterocycles. The van der Waals surface area contributed by atoms with Gasteiger partial charge in [0.05, 0.1) is 17.8 Å². The number of aliphatic carboxylic acids is 1. The molecule has 1 aliphatic rings. The van der Waals surface area contributed by atoms with Gasteiger partial charge in [-0.05, 0) is 37.0 Å². The van der Waals surface area contributed by atoms with Crippen LogP contribution in [-0.4, -0.2) is 44.8 Å². The predicted molar refractivity (Wildman–Crippen MR) is 88.8 cm³/mol. The van der Waals surface area contributed by atoms with E-state index in [0.29, 0.717) is 32.4 Å². The van der Waals surface area contributed by atoms with Gasteiger partial charge in [0.2, 0.25) is 5.91 Å². The van der Waals surface area contributed by atoms with E-state index in [4.69, 9.17) is 5.11 Å². The first-order chi connectivity index (χ1) is 11.6. The molecule has 0 bridgehead atoms. The molecular formula is C18H21N3O3. The summed E-state index contributed by atoms with van der Waals surface area (Å²) in [7, 11) is 0. The van der Waals surface area contributed by atoms with E-state index in [9.17, 15) is 9.59 Å². The molecule has 1 atom stereocenters. The van der Waals surface area contributed by atoms with Gasteiger partial charge in [-0.25, -0.2) is 4.68 Å². The largest absolute Gasteiger partial charge is 0.481 e. The van der Waals surface area contributed by atoms with E-state index in [1.807, 2.05) is 36.5 Å². The van der Waals surface area contributed by atoms with Crippen LogP contribution in [0.15, 0.2) is 42.7 Å². The molecule has 1 saturated heterocycles. The molecule has 1 N–H and O–H groups in total. The van der Waals surface area contributed by atoms with Gasteiger partial charge in [0.1, 0.15) is 0 Å². The minimum Gasteiger partial charge on any atom is -0.481 e. The molecule has 126 valence electrons. The third-order valence-corrected chi connectivity index (χ3v) is 4.41. The fourth-order valence-corrected chi connectivity index (χ4v) is 3.03. The summed E-state index contributed by atoms with van der Waals surface area (Å²) >= 11 is 0. The molecule has 1 aliphatic heterocycles. The van der Waals surface area contributed by atoms with Crippen molar-refractivity contribution in [3.8, 4) is 5.69 Å².